The highest BCUT2D eigenvalue weighted by molar-refractivity contribution is 14.0. The number of carbonyl (C=O) groups is 1. The predicted molar refractivity (Wildman–Crippen MR) is 112 cm³/mol. The first kappa shape index (κ1) is 23.4. The Kier molecular flexibility index (Phi) is 12.4. The van der Waals surface area contributed by atoms with Crippen molar-refractivity contribution < 1.29 is 4.79 Å². The summed E-state index contributed by atoms with van der Waals surface area (Å²) in [5.74, 6) is 1.09. The topological polar surface area (TPSA) is 60.0 Å². The minimum atomic E-state index is 0. The van der Waals surface area contributed by atoms with Crippen LogP contribution in [0.1, 0.15) is 46.5 Å². The normalized spacial score (nSPS) is 18.0. The minimum absolute atomic E-state index is 0. The number of carbonyl (C=O) groups excluding carboxylic acids is 1. The second-order valence-electron chi connectivity index (χ2n) is 6.60. The lowest BCUT2D eigenvalue weighted by atomic mass is 10.2. The molecule has 0 aliphatic carbocycles. The van der Waals surface area contributed by atoms with E-state index in [0.717, 1.165) is 45.0 Å². The van der Waals surface area contributed by atoms with Gasteiger partial charge in [0, 0.05) is 45.2 Å². The van der Waals surface area contributed by atoms with Gasteiger partial charge in [0.1, 0.15) is 0 Å². The van der Waals surface area contributed by atoms with Crippen LogP contribution >= 0.6 is 24.0 Å². The van der Waals surface area contributed by atoms with Crippen LogP contribution in [0.15, 0.2) is 4.99 Å². The third kappa shape index (κ3) is 8.50. The number of nitrogens with zero attached hydrogens (tertiary/aromatic N) is 3. The molecule has 1 saturated heterocycles. The number of nitrogens with one attached hydrogen (secondary N) is 2. The van der Waals surface area contributed by atoms with Gasteiger partial charge in [-0.15, -0.1) is 24.0 Å². The smallest absolute Gasteiger partial charge is 0.222 e. The van der Waals surface area contributed by atoms with Gasteiger partial charge < -0.3 is 20.4 Å². The van der Waals surface area contributed by atoms with E-state index < -0.39 is 0 Å². The van der Waals surface area contributed by atoms with Crippen molar-refractivity contribution in [2.24, 2.45) is 4.99 Å². The van der Waals surface area contributed by atoms with Gasteiger partial charge in [0.15, 0.2) is 5.96 Å². The number of likely N-dealkylation sites (tertiary alicyclic amines) is 1. The van der Waals surface area contributed by atoms with Crippen LogP contribution in [0.3, 0.4) is 0 Å². The molecule has 1 aliphatic rings. The van der Waals surface area contributed by atoms with Crippen LogP contribution in [-0.2, 0) is 4.79 Å². The maximum atomic E-state index is 11.7. The van der Waals surface area contributed by atoms with Crippen LogP contribution in [0.5, 0.6) is 0 Å². The summed E-state index contributed by atoms with van der Waals surface area (Å²) in [5.41, 5.74) is 0. The van der Waals surface area contributed by atoms with Crippen LogP contribution in [0.4, 0.5) is 0 Å². The van der Waals surface area contributed by atoms with E-state index in [1.807, 2.05) is 11.8 Å². The van der Waals surface area contributed by atoms with E-state index in [0.29, 0.717) is 18.5 Å². The van der Waals surface area contributed by atoms with Crippen molar-refractivity contribution in [2.75, 3.05) is 40.3 Å². The summed E-state index contributed by atoms with van der Waals surface area (Å²) >= 11 is 0. The number of halogens is 1. The Morgan fingerprint density at radius 3 is 2.67 bits per heavy atom. The first-order chi connectivity index (χ1) is 11.0. The second-order valence-corrected chi connectivity index (χ2v) is 6.60. The van der Waals surface area contributed by atoms with Crippen LogP contribution in [0.25, 0.3) is 0 Å². The first-order valence-electron chi connectivity index (χ1n) is 8.93. The summed E-state index contributed by atoms with van der Waals surface area (Å²) in [5, 5.41) is 6.80. The van der Waals surface area contributed by atoms with Crippen molar-refractivity contribution in [3.63, 3.8) is 0 Å². The maximum absolute atomic E-state index is 11.7. The Morgan fingerprint density at radius 2 is 2.08 bits per heavy atom. The molecule has 6 nitrogen and oxygen atoms in total. The van der Waals surface area contributed by atoms with Crippen molar-refractivity contribution in [2.45, 2.75) is 58.5 Å². The number of guanidine groups is 1. The van der Waals surface area contributed by atoms with Crippen LogP contribution < -0.4 is 10.6 Å². The second kappa shape index (κ2) is 12.7. The average molecular weight is 453 g/mol. The number of unbranched alkanes of at least 4 members (excludes halogenated alkanes) is 1. The molecule has 1 unspecified atom stereocenters. The number of amides is 1. The van der Waals surface area contributed by atoms with Gasteiger partial charge in [-0.3, -0.25) is 9.79 Å². The van der Waals surface area contributed by atoms with Crippen LogP contribution in [0, 0.1) is 0 Å². The van der Waals surface area contributed by atoms with Gasteiger partial charge in [-0.2, -0.15) is 0 Å². The summed E-state index contributed by atoms with van der Waals surface area (Å²) in [4.78, 5) is 20.3. The van der Waals surface area contributed by atoms with E-state index in [-0.39, 0.29) is 29.9 Å². The summed E-state index contributed by atoms with van der Waals surface area (Å²) in [6.07, 6.45) is 3.89. The third-order valence-corrected chi connectivity index (χ3v) is 4.52. The quantitative estimate of drug-likeness (QED) is 0.255. The van der Waals surface area contributed by atoms with Crippen molar-refractivity contribution in [1.82, 2.24) is 20.4 Å². The Hall–Kier alpha value is -0.570. The molecule has 0 spiro atoms. The molecule has 2 N–H and O–H groups in total. The van der Waals surface area contributed by atoms with E-state index in [1.165, 1.54) is 6.42 Å². The fourth-order valence-corrected chi connectivity index (χ4v) is 2.67. The largest absolute Gasteiger partial charge is 0.356 e. The van der Waals surface area contributed by atoms with Gasteiger partial charge in [0.05, 0.1) is 0 Å². The van der Waals surface area contributed by atoms with Crippen molar-refractivity contribution >= 4 is 35.8 Å². The molecule has 24 heavy (non-hydrogen) atoms. The monoisotopic (exact) mass is 453 g/mol. The molecule has 1 aliphatic heterocycles. The third-order valence-electron chi connectivity index (χ3n) is 4.52. The molecular weight excluding hydrogens is 417 g/mol. The van der Waals surface area contributed by atoms with Crippen LogP contribution in [0.2, 0.25) is 0 Å². The van der Waals surface area contributed by atoms with E-state index in [4.69, 9.17) is 0 Å². The van der Waals surface area contributed by atoms with Crippen molar-refractivity contribution in [1.29, 1.82) is 0 Å². The van der Waals surface area contributed by atoms with Gasteiger partial charge in [-0.1, -0.05) is 6.92 Å². The van der Waals surface area contributed by atoms with Gasteiger partial charge in [0.25, 0.3) is 0 Å². The zero-order valence-corrected chi connectivity index (χ0v) is 18.3. The molecule has 1 heterocycles. The Balaban J connectivity index is 0.00000529. The zero-order valence-electron chi connectivity index (χ0n) is 16.0. The Morgan fingerprint density at radius 1 is 1.38 bits per heavy atom. The lowest BCUT2D eigenvalue weighted by Crippen LogP contribution is -2.45. The van der Waals surface area contributed by atoms with Crippen molar-refractivity contribution in [3.8, 4) is 0 Å². The van der Waals surface area contributed by atoms with Gasteiger partial charge >= 0.3 is 0 Å². The number of rotatable bonds is 8. The number of hydrogen-bond acceptors (Lipinski definition) is 3. The van der Waals surface area contributed by atoms with E-state index in [1.54, 1.807) is 7.05 Å². The number of hydrogen-bond donors (Lipinski definition) is 2. The molecular formula is C17H36IN5O. The lowest BCUT2D eigenvalue weighted by Gasteiger charge is -2.21. The molecule has 7 heteroatoms. The standard InChI is InChI=1S/C17H35N5O.HI/c1-6-16(23)22-12-9-15(13-22)20-17(18-4)19-10-7-8-11-21(5)14(2)3;/h14-15H,6-13H2,1-5H3,(H2,18,19,20);1H. The summed E-state index contributed by atoms with van der Waals surface area (Å²) in [6.45, 7) is 10.0. The van der Waals surface area contributed by atoms with Gasteiger partial charge in [-0.05, 0) is 46.7 Å². The first-order valence-corrected chi connectivity index (χ1v) is 8.93. The van der Waals surface area contributed by atoms with E-state index >= 15 is 0 Å². The summed E-state index contributed by atoms with van der Waals surface area (Å²) < 4.78 is 0. The maximum Gasteiger partial charge on any atom is 0.222 e. The average Bonchev–Trinajstić information content (AvgIpc) is 3.00. The lowest BCUT2D eigenvalue weighted by molar-refractivity contribution is -0.129. The summed E-state index contributed by atoms with van der Waals surface area (Å²) in [7, 11) is 3.97. The fraction of sp³-hybridized carbons (Fsp3) is 0.882. The fourth-order valence-electron chi connectivity index (χ4n) is 2.67. The molecule has 1 amide bonds. The molecule has 0 bridgehead atoms. The summed E-state index contributed by atoms with van der Waals surface area (Å²) in [6, 6.07) is 0.914. The van der Waals surface area contributed by atoms with Crippen molar-refractivity contribution in [3.05, 3.63) is 0 Å². The highest BCUT2D eigenvalue weighted by Gasteiger charge is 2.25. The highest BCUT2D eigenvalue weighted by atomic mass is 127. The molecule has 0 saturated carbocycles. The number of aliphatic imine (C=N–C) groups is 1. The molecule has 0 radical (unpaired) electrons. The molecule has 0 aromatic heterocycles. The van der Waals surface area contributed by atoms with Gasteiger partial charge in [-0.25, -0.2) is 0 Å². The Labute approximate surface area is 164 Å². The van der Waals surface area contributed by atoms with Gasteiger partial charge in [0.2, 0.25) is 5.91 Å². The molecule has 1 fully saturated rings. The SMILES string of the molecule is CCC(=O)N1CCC(NC(=NC)NCCCCN(C)C(C)C)C1.I. The molecule has 142 valence electrons. The predicted octanol–water partition coefficient (Wildman–Crippen LogP) is 1.90. The molecule has 0 aromatic carbocycles. The van der Waals surface area contributed by atoms with Crippen LogP contribution in [-0.4, -0.2) is 74.0 Å². The van der Waals surface area contributed by atoms with E-state index in [2.05, 4.69) is 41.4 Å². The minimum Gasteiger partial charge on any atom is -0.356 e. The zero-order chi connectivity index (χ0) is 17.2. The van der Waals surface area contributed by atoms with E-state index in [9.17, 15) is 4.79 Å². The molecule has 1 atom stereocenters. The highest BCUT2D eigenvalue weighted by Crippen LogP contribution is 2.10. The molecule has 1 rings (SSSR count). The molecule has 0 aromatic rings. The Bertz CT molecular complexity index is 389.